The Kier molecular flexibility index (Phi) is 5.40. The number of esters is 1. The predicted molar refractivity (Wildman–Crippen MR) is 81.3 cm³/mol. The highest BCUT2D eigenvalue weighted by Crippen LogP contribution is 2.27. The quantitative estimate of drug-likeness (QED) is 0.865. The molecule has 116 valence electrons. The van der Waals surface area contributed by atoms with Gasteiger partial charge < -0.3 is 10.1 Å². The van der Waals surface area contributed by atoms with E-state index in [2.05, 4.69) is 11.4 Å². The van der Waals surface area contributed by atoms with Gasteiger partial charge in [-0.1, -0.05) is 43.0 Å². The third kappa shape index (κ3) is 3.99. The van der Waals surface area contributed by atoms with Crippen LogP contribution in [0.1, 0.15) is 42.5 Å². The second-order valence-electron chi connectivity index (χ2n) is 5.36. The van der Waals surface area contributed by atoms with Crippen molar-refractivity contribution in [2.24, 2.45) is 0 Å². The molecule has 1 aliphatic carbocycles. The molecule has 2 rings (SSSR count). The lowest BCUT2D eigenvalue weighted by atomic mass is 9.83. The minimum Gasteiger partial charge on any atom is -0.452 e. The third-order valence-electron chi connectivity index (χ3n) is 3.73. The maximum Gasteiger partial charge on any atom is 0.340 e. The fourth-order valence-electron chi connectivity index (χ4n) is 2.56. The molecule has 6 heteroatoms. The number of hydrogen-bond donors (Lipinski definition) is 1. The van der Waals surface area contributed by atoms with Crippen molar-refractivity contribution in [3.05, 3.63) is 34.9 Å². The van der Waals surface area contributed by atoms with Crippen molar-refractivity contribution < 1.29 is 14.3 Å². The van der Waals surface area contributed by atoms with Gasteiger partial charge in [0.15, 0.2) is 6.61 Å². The summed E-state index contributed by atoms with van der Waals surface area (Å²) < 4.78 is 4.96. The molecule has 0 spiro atoms. The lowest BCUT2D eigenvalue weighted by Gasteiger charge is -2.31. The van der Waals surface area contributed by atoms with E-state index in [0.717, 1.165) is 19.3 Å². The van der Waals surface area contributed by atoms with Crippen LogP contribution in [0.3, 0.4) is 0 Å². The number of hydrogen-bond acceptors (Lipinski definition) is 4. The van der Waals surface area contributed by atoms with Gasteiger partial charge in [0.25, 0.3) is 5.91 Å². The van der Waals surface area contributed by atoms with E-state index in [1.165, 1.54) is 6.07 Å². The van der Waals surface area contributed by atoms with Crippen molar-refractivity contribution in [1.82, 2.24) is 5.32 Å². The summed E-state index contributed by atoms with van der Waals surface area (Å²) >= 11 is 5.89. The van der Waals surface area contributed by atoms with Crippen LogP contribution in [0.15, 0.2) is 24.3 Å². The number of halogens is 1. The standard InChI is InChI=1S/C16H17ClN2O3/c17-13-7-3-2-6-12(13)15(21)22-10-14(20)19-16(11-18)8-4-1-5-9-16/h2-3,6-7H,1,4-5,8-10H2,(H,19,20). The Morgan fingerprint density at radius 3 is 2.59 bits per heavy atom. The molecule has 1 aromatic carbocycles. The van der Waals surface area contributed by atoms with Crippen LogP contribution >= 0.6 is 11.6 Å². The second kappa shape index (κ2) is 7.28. The molecular weight excluding hydrogens is 304 g/mol. The Morgan fingerprint density at radius 1 is 1.27 bits per heavy atom. The zero-order valence-corrected chi connectivity index (χ0v) is 12.9. The molecule has 0 atom stereocenters. The first kappa shape index (κ1) is 16.3. The third-order valence-corrected chi connectivity index (χ3v) is 4.06. The normalized spacial score (nSPS) is 16.4. The molecular formula is C16H17ClN2O3. The van der Waals surface area contributed by atoms with E-state index in [-0.39, 0.29) is 10.6 Å². The van der Waals surface area contributed by atoms with Crippen LogP contribution in [0.25, 0.3) is 0 Å². The van der Waals surface area contributed by atoms with Gasteiger partial charge in [-0.2, -0.15) is 5.26 Å². The molecule has 0 bridgehead atoms. The molecule has 0 aromatic heterocycles. The molecule has 1 N–H and O–H groups in total. The van der Waals surface area contributed by atoms with Crippen LogP contribution in [0, 0.1) is 11.3 Å². The molecule has 0 heterocycles. The van der Waals surface area contributed by atoms with Crippen molar-refractivity contribution in [2.45, 2.75) is 37.6 Å². The summed E-state index contributed by atoms with van der Waals surface area (Å²) in [5, 5.41) is 12.3. The summed E-state index contributed by atoms with van der Waals surface area (Å²) in [4.78, 5) is 23.8. The monoisotopic (exact) mass is 320 g/mol. The fraction of sp³-hybridized carbons (Fsp3) is 0.438. The SMILES string of the molecule is N#CC1(NC(=O)COC(=O)c2ccccc2Cl)CCCCC1. The Hall–Kier alpha value is -2.06. The molecule has 1 amide bonds. The summed E-state index contributed by atoms with van der Waals surface area (Å²) in [6.07, 6.45) is 4.16. The van der Waals surface area contributed by atoms with E-state index in [9.17, 15) is 14.9 Å². The number of nitrogens with zero attached hydrogens (tertiary/aromatic N) is 1. The van der Waals surface area contributed by atoms with Gasteiger partial charge in [0, 0.05) is 0 Å². The number of benzene rings is 1. The number of carbonyl (C=O) groups is 2. The molecule has 0 radical (unpaired) electrons. The highest BCUT2D eigenvalue weighted by Gasteiger charge is 2.33. The van der Waals surface area contributed by atoms with E-state index >= 15 is 0 Å². The summed E-state index contributed by atoms with van der Waals surface area (Å²) in [7, 11) is 0. The van der Waals surface area contributed by atoms with Crippen molar-refractivity contribution in [1.29, 1.82) is 5.26 Å². The fourth-order valence-corrected chi connectivity index (χ4v) is 2.77. The van der Waals surface area contributed by atoms with Crippen molar-refractivity contribution in [2.75, 3.05) is 6.61 Å². The van der Waals surface area contributed by atoms with Gasteiger partial charge in [-0.15, -0.1) is 0 Å². The number of nitrogens with one attached hydrogen (secondary N) is 1. The van der Waals surface area contributed by atoms with Gasteiger partial charge in [-0.05, 0) is 25.0 Å². The molecule has 0 unspecified atom stereocenters. The molecule has 1 fully saturated rings. The van der Waals surface area contributed by atoms with E-state index in [4.69, 9.17) is 16.3 Å². The average Bonchev–Trinajstić information content (AvgIpc) is 2.54. The minimum atomic E-state index is -0.827. The van der Waals surface area contributed by atoms with Crippen LogP contribution in [-0.2, 0) is 9.53 Å². The first-order chi connectivity index (χ1) is 10.6. The largest absolute Gasteiger partial charge is 0.452 e. The highest BCUT2D eigenvalue weighted by atomic mass is 35.5. The second-order valence-corrected chi connectivity index (χ2v) is 5.77. The molecule has 0 saturated heterocycles. The number of carbonyl (C=O) groups excluding carboxylic acids is 2. The van der Waals surface area contributed by atoms with Gasteiger partial charge in [-0.25, -0.2) is 4.79 Å². The van der Waals surface area contributed by atoms with Gasteiger partial charge >= 0.3 is 5.97 Å². The molecule has 1 aliphatic rings. The zero-order valence-electron chi connectivity index (χ0n) is 12.1. The topological polar surface area (TPSA) is 79.2 Å². The number of ether oxygens (including phenoxy) is 1. The van der Waals surface area contributed by atoms with Crippen molar-refractivity contribution >= 4 is 23.5 Å². The van der Waals surface area contributed by atoms with Gasteiger partial charge in [0.2, 0.25) is 0 Å². The molecule has 22 heavy (non-hydrogen) atoms. The van der Waals surface area contributed by atoms with Crippen LogP contribution in [0.5, 0.6) is 0 Å². The van der Waals surface area contributed by atoms with Crippen LogP contribution in [-0.4, -0.2) is 24.0 Å². The maximum absolute atomic E-state index is 11.9. The Labute approximate surface area is 134 Å². The summed E-state index contributed by atoms with van der Waals surface area (Å²) in [6, 6.07) is 8.65. The first-order valence-corrected chi connectivity index (χ1v) is 7.58. The summed E-state index contributed by atoms with van der Waals surface area (Å²) in [5.74, 6) is -1.13. The van der Waals surface area contributed by atoms with Gasteiger partial charge in [0.1, 0.15) is 5.54 Å². The van der Waals surface area contributed by atoms with E-state index in [0.29, 0.717) is 12.8 Å². The van der Waals surface area contributed by atoms with E-state index in [1.54, 1.807) is 18.2 Å². The lowest BCUT2D eigenvalue weighted by Crippen LogP contribution is -2.50. The average molecular weight is 321 g/mol. The highest BCUT2D eigenvalue weighted by molar-refractivity contribution is 6.33. The van der Waals surface area contributed by atoms with Gasteiger partial charge in [0.05, 0.1) is 16.7 Å². The van der Waals surface area contributed by atoms with Crippen molar-refractivity contribution in [3.8, 4) is 6.07 Å². The summed E-state index contributed by atoms with van der Waals surface area (Å²) in [6.45, 7) is -0.423. The number of amides is 1. The molecule has 1 saturated carbocycles. The predicted octanol–water partition coefficient (Wildman–Crippen LogP) is 2.84. The number of rotatable bonds is 4. The van der Waals surface area contributed by atoms with Crippen molar-refractivity contribution in [3.63, 3.8) is 0 Å². The Bertz CT molecular complexity index is 604. The molecule has 0 aliphatic heterocycles. The summed E-state index contributed by atoms with van der Waals surface area (Å²) in [5.41, 5.74) is -0.615. The van der Waals surface area contributed by atoms with E-state index < -0.39 is 24.0 Å². The zero-order chi connectivity index (χ0) is 16.0. The van der Waals surface area contributed by atoms with Crippen LogP contribution in [0.2, 0.25) is 5.02 Å². The smallest absolute Gasteiger partial charge is 0.340 e. The Balaban J connectivity index is 1.89. The van der Waals surface area contributed by atoms with Crippen LogP contribution < -0.4 is 5.32 Å². The Morgan fingerprint density at radius 2 is 1.95 bits per heavy atom. The maximum atomic E-state index is 11.9. The number of nitriles is 1. The van der Waals surface area contributed by atoms with E-state index in [1.807, 2.05) is 0 Å². The first-order valence-electron chi connectivity index (χ1n) is 7.20. The van der Waals surface area contributed by atoms with Crippen LogP contribution in [0.4, 0.5) is 0 Å². The van der Waals surface area contributed by atoms with Gasteiger partial charge in [-0.3, -0.25) is 4.79 Å². The minimum absolute atomic E-state index is 0.213. The molecule has 5 nitrogen and oxygen atoms in total. The lowest BCUT2D eigenvalue weighted by molar-refractivity contribution is -0.125. The molecule has 1 aromatic rings.